The summed E-state index contributed by atoms with van der Waals surface area (Å²) in [6, 6.07) is 10.9. The Morgan fingerprint density at radius 2 is 2.05 bits per heavy atom. The molecule has 1 aromatic carbocycles. The molecule has 0 aromatic heterocycles. The van der Waals surface area contributed by atoms with Crippen LogP contribution in [0, 0.1) is 0 Å². The molecule has 2 aliphatic rings. The zero-order valence-corrected chi connectivity index (χ0v) is 14.6. The van der Waals surface area contributed by atoms with Gasteiger partial charge in [-0.3, -0.25) is 9.69 Å². The smallest absolute Gasteiger partial charge is 0.223 e. The van der Waals surface area contributed by atoms with E-state index in [1.54, 1.807) is 0 Å². The molecule has 3 rings (SSSR count). The van der Waals surface area contributed by atoms with Gasteiger partial charge in [0.05, 0.1) is 11.9 Å². The van der Waals surface area contributed by atoms with Gasteiger partial charge in [-0.25, -0.2) is 0 Å². The van der Waals surface area contributed by atoms with Gasteiger partial charge in [-0.15, -0.1) is 23.5 Å². The van der Waals surface area contributed by atoms with Crippen LogP contribution < -0.4 is 0 Å². The van der Waals surface area contributed by atoms with Crippen LogP contribution in [0.15, 0.2) is 30.3 Å². The van der Waals surface area contributed by atoms with E-state index in [1.807, 2.05) is 29.6 Å². The largest absolute Gasteiger partial charge is 0.328 e. The number of thioether (sulfide) groups is 2. The van der Waals surface area contributed by atoms with Crippen LogP contribution in [0.25, 0.3) is 0 Å². The number of amides is 1. The number of carbonyl (C=O) groups is 1. The molecule has 5 heteroatoms. The zero-order valence-electron chi connectivity index (χ0n) is 12.9. The summed E-state index contributed by atoms with van der Waals surface area (Å²) < 4.78 is 0. The first kappa shape index (κ1) is 16.2. The second kappa shape index (κ2) is 8.27. The molecule has 3 nitrogen and oxygen atoms in total. The van der Waals surface area contributed by atoms with E-state index in [-0.39, 0.29) is 0 Å². The minimum atomic E-state index is 0.345. The predicted octanol–water partition coefficient (Wildman–Crippen LogP) is 2.92. The lowest BCUT2D eigenvalue weighted by atomic mass is 10.1. The number of hydrogen-bond donors (Lipinski definition) is 0. The third kappa shape index (κ3) is 4.43. The molecule has 2 heterocycles. The quantitative estimate of drug-likeness (QED) is 0.797. The summed E-state index contributed by atoms with van der Waals surface area (Å²) in [5.41, 5.74) is 1.33. The average molecular weight is 337 g/mol. The van der Waals surface area contributed by atoms with E-state index in [9.17, 15) is 4.79 Å². The summed E-state index contributed by atoms with van der Waals surface area (Å²) in [5.74, 6) is 4.71. The van der Waals surface area contributed by atoms with Crippen LogP contribution >= 0.6 is 23.5 Å². The fraction of sp³-hybridized carbons (Fsp3) is 0.588. The second-order valence-electron chi connectivity index (χ2n) is 5.97. The highest BCUT2D eigenvalue weighted by Gasteiger charge is 2.30. The molecule has 0 saturated carbocycles. The normalized spacial score (nSPS) is 22.4. The van der Waals surface area contributed by atoms with E-state index in [4.69, 9.17) is 0 Å². The Hall–Kier alpha value is -0.650. The fourth-order valence-corrected chi connectivity index (χ4v) is 5.26. The molecular weight excluding hydrogens is 312 g/mol. The first-order chi connectivity index (χ1) is 10.8. The molecule has 2 aliphatic heterocycles. The first-order valence-electron chi connectivity index (χ1n) is 8.04. The van der Waals surface area contributed by atoms with Crippen LogP contribution in [-0.2, 0) is 11.2 Å². The van der Waals surface area contributed by atoms with E-state index >= 15 is 0 Å². The van der Waals surface area contributed by atoms with E-state index < -0.39 is 0 Å². The fourth-order valence-electron chi connectivity index (χ4n) is 3.04. The van der Waals surface area contributed by atoms with Crippen molar-refractivity contribution >= 4 is 29.4 Å². The number of rotatable bonds is 6. The number of nitrogens with zero attached hydrogens (tertiary/aromatic N) is 2. The third-order valence-electron chi connectivity index (χ3n) is 4.30. The number of aryl methyl sites for hydroxylation is 1. The van der Waals surface area contributed by atoms with Crippen LogP contribution in [0.3, 0.4) is 0 Å². The Kier molecular flexibility index (Phi) is 6.10. The van der Waals surface area contributed by atoms with Gasteiger partial charge in [0.2, 0.25) is 5.91 Å². The average Bonchev–Trinajstić information content (AvgIpc) is 3.20. The zero-order chi connectivity index (χ0) is 15.2. The van der Waals surface area contributed by atoms with E-state index in [2.05, 4.69) is 34.1 Å². The predicted molar refractivity (Wildman–Crippen MR) is 96.2 cm³/mol. The first-order valence-corrected chi connectivity index (χ1v) is 10.3. The summed E-state index contributed by atoms with van der Waals surface area (Å²) >= 11 is 3.91. The van der Waals surface area contributed by atoms with Crippen molar-refractivity contribution in [3.63, 3.8) is 0 Å². The molecule has 2 saturated heterocycles. The number of carbonyl (C=O) groups excluding carboxylic acids is 1. The van der Waals surface area contributed by atoms with Crippen LogP contribution in [0.2, 0.25) is 0 Å². The highest BCUT2D eigenvalue weighted by molar-refractivity contribution is 7.99. The van der Waals surface area contributed by atoms with Crippen LogP contribution in [0.4, 0.5) is 0 Å². The molecule has 0 radical (unpaired) electrons. The maximum atomic E-state index is 12.5. The Morgan fingerprint density at radius 1 is 1.18 bits per heavy atom. The van der Waals surface area contributed by atoms with Crippen molar-refractivity contribution < 1.29 is 4.79 Å². The second-order valence-corrected chi connectivity index (χ2v) is 8.05. The molecule has 0 N–H and O–H groups in total. The summed E-state index contributed by atoms with van der Waals surface area (Å²) in [5, 5.41) is 0. The molecule has 1 atom stereocenters. The minimum absolute atomic E-state index is 0.345. The van der Waals surface area contributed by atoms with Gasteiger partial charge in [0.1, 0.15) is 0 Å². The van der Waals surface area contributed by atoms with Crippen molar-refractivity contribution in [1.82, 2.24) is 9.80 Å². The molecule has 2 fully saturated rings. The molecular formula is C17H24N2OS2. The molecule has 1 amide bonds. The van der Waals surface area contributed by atoms with Gasteiger partial charge in [0.15, 0.2) is 0 Å². The van der Waals surface area contributed by atoms with E-state index in [0.717, 1.165) is 36.9 Å². The molecule has 22 heavy (non-hydrogen) atoms. The Balaban J connectivity index is 1.44. The van der Waals surface area contributed by atoms with Crippen molar-refractivity contribution in [1.29, 1.82) is 0 Å². The molecule has 1 aromatic rings. The van der Waals surface area contributed by atoms with Gasteiger partial charge >= 0.3 is 0 Å². The van der Waals surface area contributed by atoms with Gasteiger partial charge in [-0.1, -0.05) is 30.3 Å². The van der Waals surface area contributed by atoms with Gasteiger partial charge in [-0.05, 0) is 18.4 Å². The van der Waals surface area contributed by atoms with Gasteiger partial charge < -0.3 is 4.90 Å². The lowest BCUT2D eigenvalue weighted by Crippen LogP contribution is -2.43. The van der Waals surface area contributed by atoms with Crippen molar-refractivity contribution in [3.05, 3.63) is 35.9 Å². The third-order valence-corrected chi connectivity index (χ3v) is 6.40. The lowest BCUT2D eigenvalue weighted by Gasteiger charge is -2.27. The van der Waals surface area contributed by atoms with Crippen molar-refractivity contribution in [2.24, 2.45) is 0 Å². The van der Waals surface area contributed by atoms with Crippen molar-refractivity contribution in [3.8, 4) is 0 Å². The van der Waals surface area contributed by atoms with Crippen LogP contribution in [0.1, 0.15) is 18.4 Å². The summed E-state index contributed by atoms with van der Waals surface area (Å²) in [7, 11) is 0. The summed E-state index contributed by atoms with van der Waals surface area (Å²) in [6.07, 6.45) is 2.64. The van der Waals surface area contributed by atoms with E-state index in [1.165, 1.54) is 17.9 Å². The number of benzene rings is 1. The maximum absolute atomic E-state index is 12.5. The van der Waals surface area contributed by atoms with Crippen LogP contribution in [-0.4, -0.2) is 58.1 Å². The Bertz CT molecular complexity index is 477. The standard InChI is InChI=1S/C17H24N2OS2/c20-17(8-4-7-15-5-2-1-3-6-15)19-14-22-12-16(19)11-18-9-10-21-13-18/h1-3,5-6,16H,4,7-14H2/t16-/m0/s1. The van der Waals surface area contributed by atoms with E-state index in [0.29, 0.717) is 18.4 Å². The Morgan fingerprint density at radius 3 is 2.82 bits per heavy atom. The van der Waals surface area contributed by atoms with Gasteiger partial charge in [0.25, 0.3) is 0 Å². The summed E-state index contributed by atoms with van der Waals surface area (Å²) in [6.45, 7) is 2.24. The van der Waals surface area contributed by atoms with Gasteiger partial charge in [-0.2, -0.15) is 0 Å². The van der Waals surface area contributed by atoms with Crippen molar-refractivity contribution in [2.45, 2.75) is 25.3 Å². The van der Waals surface area contributed by atoms with Crippen LogP contribution in [0.5, 0.6) is 0 Å². The molecule has 0 spiro atoms. The highest BCUT2D eigenvalue weighted by atomic mass is 32.2. The summed E-state index contributed by atoms with van der Waals surface area (Å²) in [4.78, 5) is 17.1. The topological polar surface area (TPSA) is 23.6 Å². The minimum Gasteiger partial charge on any atom is -0.328 e. The molecule has 0 bridgehead atoms. The molecule has 120 valence electrons. The Labute approximate surface area is 141 Å². The van der Waals surface area contributed by atoms with Gasteiger partial charge in [0, 0.05) is 36.9 Å². The molecule has 0 aliphatic carbocycles. The van der Waals surface area contributed by atoms with Crippen molar-refractivity contribution in [2.75, 3.05) is 36.3 Å². The SMILES string of the molecule is O=C(CCCc1ccccc1)N1CSC[C@@H]1CN1CCSC1. The number of hydrogen-bond acceptors (Lipinski definition) is 4. The monoisotopic (exact) mass is 336 g/mol. The lowest BCUT2D eigenvalue weighted by molar-refractivity contribution is -0.131. The highest BCUT2D eigenvalue weighted by Crippen LogP contribution is 2.25. The maximum Gasteiger partial charge on any atom is 0.223 e. The molecule has 0 unspecified atom stereocenters.